The molecule has 140 valence electrons. The molecule has 0 bridgehead atoms. The van der Waals surface area contributed by atoms with Crippen LogP contribution in [0.1, 0.15) is 22.7 Å². The molecular formula is C20H13ClF2N4O. The molecule has 5 nitrogen and oxygen atoms in total. The highest BCUT2D eigenvalue weighted by Crippen LogP contribution is 2.45. The molecule has 1 unspecified atom stereocenters. The summed E-state index contributed by atoms with van der Waals surface area (Å²) in [4.78, 5) is 0. The fraction of sp³-hybridized carbons (Fsp3) is 0.100. The van der Waals surface area contributed by atoms with Crippen LogP contribution >= 0.6 is 11.6 Å². The van der Waals surface area contributed by atoms with Gasteiger partial charge in [0.15, 0.2) is 0 Å². The number of benzene rings is 2. The van der Waals surface area contributed by atoms with Crippen LogP contribution in [0.4, 0.5) is 8.78 Å². The van der Waals surface area contributed by atoms with Crippen molar-refractivity contribution >= 4 is 11.6 Å². The fourth-order valence-electron chi connectivity index (χ4n) is 3.34. The fourth-order valence-corrected chi connectivity index (χ4v) is 3.53. The normalized spacial score (nSPS) is 15.8. The van der Waals surface area contributed by atoms with Crippen LogP contribution in [0.5, 0.6) is 5.88 Å². The summed E-state index contributed by atoms with van der Waals surface area (Å²) >= 11 is 6.08. The van der Waals surface area contributed by atoms with Crippen molar-refractivity contribution in [2.24, 2.45) is 5.73 Å². The van der Waals surface area contributed by atoms with Gasteiger partial charge in [-0.1, -0.05) is 23.7 Å². The molecule has 0 fully saturated rings. The molecule has 1 aliphatic rings. The van der Waals surface area contributed by atoms with Crippen molar-refractivity contribution in [1.82, 2.24) is 9.78 Å². The molecule has 1 aromatic heterocycles. The Bertz CT molecular complexity index is 1180. The molecule has 0 aliphatic carbocycles. The van der Waals surface area contributed by atoms with Gasteiger partial charge in [-0.25, -0.2) is 13.5 Å². The van der Waals surface area contributed by atoms with E-state index >= 15 is 0 Å². The van der Waals surface area contributed by atoms with Crippen molar-refractivity contribution in [1.29, 1.82) is 5.26 Å². The Morgan fingerprint density at radius 2 is 2.04 bits per heavy atom. The summed E-state index contributed by atoms with van der Waals surface area (Å²) in [5.74, 6) is -2.28. The molecule has 0 spiro atoms. The first-order chi connectivity index (χ1) is 13.4. The van der Waals surface area contributed by atoms with Crippen LogP contribution in [0.15, 0.2) is 53.9 Å². The number of rotatable bonds is 2. The number of aromatic nitrogens is 2. The van der Waals surface area contributed by atoms with E-state index in [0.29, 0.717) is 22.0 Å². The maximum atomic E-state index is 14.6. The molecule has 2 heterocycles. The number of allylic oxidation sites excluding steroid dienone is 1. The second-order valence-electron chi connectivity index (χ2n) is 6.29. The van der Waals surface area contributed by atoms with E-state index in [1.807, 2.05) is 6.07 Å². The topological polar surface area (TPSA) is 76.9 Å². The second-order valence-corrected chi connectivity index (χ2v) is 6.72. The van der Waals surface area contributed by atoms with E-state index in [0.717, 1.165) is 12.1 Å². The first kappa shape index (κ1) is 18.0. The van der Waals surface area contributed by atoms with Crippen LogP contribution < -0.4 is 10.5 Å². The minimum Gasteiger partial charge on any atom is -0.422 e. The summed E-state index contributed by atoms with van der Waals surface area (Å²) < 4.78 is 35.2. The molecule has 0 saturated carbocycles. The lowest BCUT2D eigenvalue weighted by atomic mass is 9.84. The lowest BCUT2D eigenvalue weighted by Gasteiger charge is -2.25. The number of aryl methyl sites for hydroxylation is 1. The van der Waals surface area contributed by atoms with Crippen LogP contribution in [-0.4, -0.2) is 9.78 Å². The number of hydrogen-bond acceptors (Lipinski definition) is 4. The van der Waals surface area contributed by atoms with Gasteiger partial charge in [0.2, 0.25) is 11.8 Å². The average Bonchev–Trinajstić information content (AvgIpc) is 2.97. The van der Waals surface area contributed by atoms with Gasteiger partial charge in [0.25, 0.3) is 0 Å². The number of ether oxygens (including phenoxy) is 1. The summed E-state index contributed by atoms with van der Waals surface area (Å²) in [5, 5.41) is 14.6. The monoisotopic (exact) mass is 398 g/mol. The van der Waals surface area contributed by atoms with Crippen LogP contribution in [0.3, 0.4) is 0 Å². The van der Waals surface area contributed by atoms with Crippen LogP contribution in [-0.2, 0) is 0 Å². The Morgan fingerprint density at radius 3 is 2.71 bits per heavy atom. The quantitative estimate of drug-likeness (QED) is 0.697. The lowest BCUT2D eigenvalue weighted by Crippen LogP contribution is -2.22. The summed E-state index contributed by atoms with van der Waals surface area (Å²) in [7, 11) is 0. The third-order valence-electron chi connectivity index (χ3n) is 4.56. The average molecular weight is 399 g/mol. The number of halogens is 3. The van der Waals surface area contributed by atoms with Crippen LogP contribution in [0.25, 0.3) is 5.69 Å². The largest absolute Gasteiger partial charge is 0.422 e. The first-order valence-electron chi connectivity index (χ1n) is 8.28. The van der Waals surface area contributed by atoms with Crippen molar-refractivity contribution in [3.63, 3.8) is 0 Å². The zero-order chi connectivity index (χ0) is 20.0. The predicted octanol–water partition coefficient (Wildman–Crippen LogP) is 4.33. The number of hydrogen-bond donors (Lipinski definition) is 1. The summed E-state index contributed by atoms with van der Waals surface area (Å²) in [6.07, 6.45) is 0. The van der Waals surface area contributed by atoms with E-state index < -0.39 is 17.6 Å². The van der Waals surface area contributed by atoms with Gasteiger partial charge in [-0.3, -0.25) is 0 Å². The number of fused-ring (bicyclic) bond motifs is 1. The number of nitrogens with two attached hydrogens (primary N) is 1. The molecule has 3 aromatic rings. The Balaban J connectivity index is 1.98. The third-order valence-corrected chi connectivity index (χ3v) is 4.79. The van der Waals surface area contributed by atoms with Gasteiger partial charge >= 0.3 is 0 Å². The van der Waals surface area contributed by atoms with Crippen molar-refractivity contribution in [3.8, 4) is 17.6 Å². The highest BCUT2D eigenvalue weighted by Gasteiger charge is 2.37. The van der Waals surface area contributed by atoms with Crippen LogP contribution in [0, 0.1) is 29.9 Å². The van der Waals surface area contributed by atoms with E-state index in [4.69, 9.17) is 22.1 Å². The van der Waals surface area contributed by atoms with E-state index in [-0.39, 0.29) is 22.9 Å². The Kier molecular flexibility index (Phi) is 4.28. The molecular weight excluding hydrogens is 386 g/mol. The Morgan fingerprint density at radius 1 is 1.25 bits per heavy atom. The highest BCUT2D eigenvalue weighted by atomic mass is 35.5. The second kappa shape index (κ2) is 6.66. The zero-order valence-corrected chi connectivity index (χ0v) is 15.3. The van der Waals surface area contributed by atoms with E-state index in [2.05, 4.69) is 5.10 Å². The summed E-state index contributed by atoms with van der Waals surface area (Å²) in [6.45, 7) is 1.72. The molecule has 4 rings (SSSR count). The van der Waals surface area contributed by atoms with Crippen molar-refractivity contribution in [2.75, 3.05) is 0 Å². The highest BCUT2D eigenvalue weighted by molar-refractivity contribution is 6.30. The maximum absolute atomic E-state index is 14.6. The van der Waals surface area contributed by atoms with Gasteiger partial charge in [0, 0.05) is 16.7 Å². The molecule has 1 atom stereocenters. The van der Waals surface area contributed by atoms with Gasteiger partial charge in [0.1, 0.15) is 23.3 Å². The summed E-state index contributed by atoms with van der Waals surface area (Å²) in [5.41, 5.74) is 7.73. The van der Waals surface area contributed by atoms with Gasteiger partial charge in [-0.05, 0) is 31.2 Å². The molecule has 2 aromatic carbocycles. The number of nitrogens with zero attached hydrogens (tertiary/aromatic N) is 3. The third kappa shape index (κ3) is 2.79. The van der Waals surface area contributed by atoms with Crippen molar-refractivity contribution in [3.05, 3.63) is 87.4 Å². The standard InChI is InChI=1S/C20H13ClF2N4O/c1-10-17-18(14-6-5-12(22)8-16(14)23)15(9-24)19(25)28-20(17)27(26-10)13-4-2-3-11(21)7-13/h2-8,18H,25H2,1H3. The maximum Gasteiger partial charge on any atom is 0.229 e. The van der Waals surface area contributed by atoms with Gasteiger partial charge in [-0.15, -0.1) is 0 Å². The minimum absolute atomic E-state index is 0.0340. The van der Waals surface area contributed by atoms with Crippen molar-refractivity contribution < 1.29 is 13.5 Å². The molecule has 0 amide bonds. The number of nitriles is 1. The van der Waals surface area contributed by atoms with E-state index in [1.54, 1.807) is 31.2 Å². The zero-order valence-electron chi connectivity index (χ0n) is 14.6. The SMILES string of the molecule is Cc1nn(-c2cccc(Cl)c2)c2c1C(c1ccc(F)cc1F)C(C#N)=C(N)O2. The summed E-state index contributed by atoms with van der Waals surface area (Å²) in [6, 6.07) is 12.1. The first-order valence-corrected chi connectivity index (χ1v) is 8.66. The van der Waals surface area contributed by atoms with E-state index in [1.165, 1.54) is 10.7 Å². The molecule has 0 radical (unpaired) electrons. The Hall–Kier alpha value is -3.37. The van der Waals surface area contributed by atoms with Gasteiger partial charge in [-0.2, -0.15) is 10.4 Å². The molecule has 2 N–H and O–H groups in total. The molecule has 28 heavy (non-hydrogen) atoms. The van der Waals surface area contributed by atoms with Gasteiger partial charge in [0.05, 0.1) is 22.9 Å². The minimum atomic E-state index is -0.873. The smallest absolute Gasteiger partial charge is 0.229 e. The Labute approximate surface area is 164 Å². The predicted molar refractivity (Wildman–Crippen MR) is 99.0 cm³/mol. The molecule has 1 aliphatic heterocycles. The van der Waals surface area contributed by atoms with Gasteiger partial charge < -0.3 is 10.5 Å². The molecule has 8 heteroatoms. The molecule has 0 saturated heterocycles. The van der Waals surface area contributed by atoms with E-state index in [9.17, 15) is 14.0 Å². The lowest BCUT2D eigenvalue weighted by molar-refractivity contribution is 0.366. The van der Waals surface area contributed by atoms with Crippen LogP contribution in [0.2, 0.25) is 5.02 Å². The van der Waals surface area contributed by atoms with Crippen molar-refractivity contribution in [2.45, 2.75) is 12.8 Å².